The van der Waals surface area contributed by atoms with Crippen molar-refractivity contribution >= 4 is 23.9 Å². The third kappa shape index (κ3) is 5.54. The molecule has 1 fully saturated rings. The number of carbonyl (C=O) groups is 4. The lowest BCUT2D eigenvalue weighted by molar-refractivity contribution is -0.199. The minimum atomic E-state index is -1.02. The van der Waals surface area contributed by atoms with Gasteiger partial charge in [-0.2, -0.15) is 0 Å². The average molecular weight is 328 g/mol. The molecule has 1 N–H and O–H groups in total. The van der Waals surface area contributed by atoms with Gasteiger partial charge in [0.05, 0.1) is 0 Å². The molecule has 8 nitrogen and oxygen atoms in total. The van der Waals surface area contributed by atoms with Crippen LogP contribution in [0.3, 0.4) is 0 Å². The van der Waals surface area contributed by atoms with Gasteiger partial charge >= 0.3 is 12.1 Å². The molecular weight excluding hydrogens is 304 g/mol. The van der Waals surface area contributed by atoms with E-state index in [1.54, 1.807) is 27.7 Å². The first-order valence-electron chi connectivity index (χ1n) is 7.62. The van der Waals surface area contributed by atoms with E-state index in [2.05, 4.69) is 5.32 Å². The predicted octanol–water partition coefficient (Wildman–Crippen LogP) is 1.53. The molecule has 0 radical (unpaired) electrons. The summed E-state index contributed by atoms with van der Waals surface area (Å²) in [4.78, 5) is 52.0. The molecule has 1 aliphatic rings. The lowest BCUT2D eigenvalue weighted by atomic mass is 9.99. The van der Waals surface area contributed by atoms with Crippen LogP contribution in [0.25, 0.3) is 0 Å². The van der Waals surface area contributed by atoms with E-state index in [1.165, 1.54) is 0 Å². The van der Waals surface area contributed by atoms with Crippen molar-refractivity contribution in [3.05, 3.63) is 0 Å². The standard InChI is InChI=1S/C15H24N2O6/c1-6-9(2)12(16-14(21)22-15(3,4)5)13(20)23-17-10(18)7-8-11(17)19/h9,12H,6-8H2,1-5H3,(H,16,21)/t9-,12+/m1/s1. The Balaban J connectivity index is 2.77. The van der Waals surface area contributed by atoms with E-state index in [0.29, 0.717) is 11.5 Å². The highest BCUT2D eigenvalue weighted by atomic mass is 16.7. The summed E-state index contributed by atoms with van der Waals surface area (Å²) < 4.78 is 5.12. The van der Waals surface area contributed by atoms with Gasteiger partial charge in [0.2, 0.25) is 0 Å². The van der Waals surface area contributed by atoms with Gasteiger partial charge in [-0.05, 0) is 26.7 Å². The zero-order valence-corrected chi connectivity index (χ0v) is 14.2. The molecule has 23 heavy (non-hydrogen) atoms. The van der Waals surface area contributed by atoms with Crippen molar-refractivity contribution in [3.8, 4) is 0 Å². The molecule has 0 spiro atoms. The third-order valence-electron chi connectivity index (χ3n) is 3.33. The zero-order chi connectivity index (χ0) is 17.8. The maximum atomic E-state index is 12.3. The van der Waals surface area contributed by atoms with Crippen LogP contribution in [-0.4, -0.2) is 40.6 Å². The molecule has 2 atom stereocenters. The van der Waals surface area contributed by atoms with E-state index >= 15 is 0 Å². The monoisotopic (exact) mass is 328 g/mol. The number of hydroxylamine groups is 2. The SMILES string of the molecule is CC[C@@H](C)[C@H](NC(=O)OC(C)(C)C)C(=O)ON1C(=O)CCC1=O. The summed E-state index contributed by atoms with van der Waals surface area (Å²) in [5.41, 5.74) is -0.713. The molecule has 0 aromatic carbocycles. The number of nitrogens with one attached hydrogen (secondary N) is 1. The smallest absolute Gasteiger partial charge is 0.408 e. The fraction of sp³-hybridized carbons (Fsp3) is 0.733. The fourth-order valence-electron chi connectivity index (χ4n) is 1.91. The first kappa shape index (κ1) is 18.9. The van der Waals surface area contributed by atoms with Gasteiger partial charge in [-0.1, -0.05) is 20.3 Å². The molecule has 0 unspecified atom stereocenters. The second-order valence-electron chi connectivity index (χ2n) is 6.50. The van der Waals surface area contributed by atoms with Gasteiger partial charge in [0.15, 0.2) is 0 Å². The molecular formula is C15H24N2O6. The molecule has 3 amide bonds. The van der Waals surface area contributed by atoms with E-state index in [1.807, 2.05) is 6.92 Å². The largest absolute Gasteiger partial charge is 0.444 e. The first-order valence-corrected chi connectivity index (χ1v) is 7.62. The van der Waals surface area contributed by atoms with E-state index < -0.39 is 35.5 Å². The summed E-state index contributed by atoms with van der Waals surface area (Å²) >= 11 is 0. The number of amides is 3. The van der Waals surface area contributed by atoms with E-state index in [0.717, 1.165) is 0 Å². The Morgan fingerprint density at radius 1 is 1.22 bits per heavy atom. The highest BCUT2D eigenvalue weighted by Crippen LogP contribution is 2.16. The van der Waals surface area contributed by atoms with Crippen LogP contribution in [0.2, 0.25) is 0 Å². The van der Waals surface area contributed by atoms with Crippen LogP contribution in [0.5, 0.6) is 0 Å². The molecule has 1 aliphatic heterocycles. The van der Waals surface area contributed by atoms with Crippen molar-refractivity contribution in [3.63, 3.8) is 0 Å². The molecule has 0 bridgehead atoms. The number of rotatable bonds is 5. The average Bonchev–Trinajstić information content (AvgIpc) is 2.73. The van der Waals surface area contributed by atoms with Crippen molar-refractivity contribution in [1.29, 1.82) is 0 Å². The number of nitrogens with zero attached hydrogens (tertiary/aromatic N) is 1. The van der Waals surface area contributed by atoms with Gasteiger partial charge in [0, 0.05) is 12.8 Å². The molecule has 0 aliphatic carbocycles. The van der Waals surface area contributed by atoms with Crippen molar-refractivity contribution in [2.75, 3.05) is 0 Å². The van der Waals surface area contributed by atoms with Crippen LogP contribution in [-0.2, 0) is 24.0 Å². The number of hydrogen-bond acceptors (Lipinski definition) is 6. The number of carbonyl (C=O) groups excluding carboxylic acids is 4. The Bertz CT molecular complexity index is 481. The summed E-state index contributed by atoms with van der Waals surface area (Å²) in [5.74, 6) is -2.26. The molecule has 1 rings (SSSR count). The number of ether oxygens (including phenoxy) is 1. The lowest BCUT2D eigenvalue weighted by Gasteiger charge is -2.26. The van der Waals surface area contributed by atoms with Gasteiger partial charge in [0.1, 0.15) is 11.6 Å². The van der Waals surface area contributed by atoms with Crippen LogP contribution >= 0.6 is 0 Å². The molecule has 0 aromatic heterocycles. The maximum Gasteiger partial charge on any atom is 0.408 e. The number of hydrogen-bond donors (Lipinski definition) is 1. The van der Waals surface area contributed by atoms with Crippen molar-refractivity contribution < 1.29 is 28.8 Å². The van der Waals surface area contributed by atoms with Gasteiger partial charge in [-0.15, -0.1) is 5.06 Å². The van der Waals surface area contributed by atoms with Crippen LogP contribution in [0.4, 0.5) is 4.79 Å². The second-order valence-corrected chi connectivity index (χ2v) is 6.50. The summed E-state index contributed by atoms with van der Waals surface area (Å²) in [6.07, 6.45) is -0.157. The molecule has 1 heterocycles. The Labute approximate surface area is 135 Å². The zero-order valence-electron chi connectivity index (χ0n) is 14.2. The van der Waals surface area contributed by atoms with Crippen molar-refractivity contribution in [2.24, 2.45) is 5.92 Å². The fourth-order valence-corrected chi connectivity index (χ4v) is 1.91. The van der Waals surface area contributed by atoms with Crippen LogP contribution in [0.15, 0.2) is 0 Å². The molecule has 130 valence electrons. The van der Waals surface area contributed by atoms with Gasteiger partial charge < -0.3 is 14.9 Å². The van der Waals surface area contributed by atoms with Gasteiger partial charge in [-0.3, -0.25) is 9.59 Å². The molecule has 0 aromatic rings. The highest BCUT2D eigenvalue weighted by Gasteiger charge is 2.37. The Morgan fingerprint density at radius 3 is 2.17 bits per heavy atom. The third-order valence-corrected chi connectivity index (χ3v) is 3.33. The van der Waals surface area contributed by atoms with Crippen LogP contribution in [0.1, 0.15) is 53.9 Å². The van der Waals surface area contributed by atoms with Crippen LogP contribution < -0.4 is 5.32 Å². The Kier molecular flexibility index (Phi) is 6.12. The van der Waals surface area contributed by atoms with Gasteiger partial charge in [0.25, 0.3) is 11.8 Å². The molecule has 1 saturated heterocycles. The normalized spacial score (nSPS) is 17.7. The minimum Gasteiger partial charge on any atom is -0.444 e. The molecule has 8 heteroatoms. The topological polar surface area (TPSA) is 102 Å². The number of alkyl carbamates (subject to hydrolysis) is 1. The van der Waals surface area contributed by atoms with Crippen molar-refractivity contribution in [2.45, 2.75) is 65.5 Å². The number of imide groups is 1. The maximum absolute atomic E-state index is 12.3. The highest BCUT2D eigenvalue weighted by molar-refractivity contribution is 6.01. The summed E-state index contributed by atoms with van der Waals surface area (Å²) in [6.45, 7) is 8.69. The first-order chi connectivity index (χ1) is 10.5. The second kappa shape index (κ2) is 7.43. The summed E-state index contributed by atoms with van der Waals surface area (Å²) in [7, 11) is 0. The van der Waals surface area contributed by atoms with Crippen molar-refractivity contribution in [1.82, 2.24) is 10.4 Å². The summed E-state index contributed by atoms with van der Waals surface area (Å²) in [5, 5.41) is 2.91. The lowest BCUT2D eigenvalue weighted by Crippen LogP contribution is -2.49. The van der Waals surface area contributed by atoms with Crippen LogP contribution in [0, 0.1) is 5.92 Å². The van der Waals surface area contributed by atoms with E-state index in [-0.39, 0.29) is 18.8 Å². The minimum absolute atomic E-state index is 0.0135. The van der Waals surface area contributed by atoms with E-state index in [9.17, 15) is 19.2 Å². The van der Waals surface area contributed by atoms with Gasteiger partial charge in [-0.25, -0.2) is 9.59 Å². The Hall–Kier alpha value is -2.12. The Morgan fingerprint density at radius 2 is 1.74 bits per heavy atom. The molecule has 0 saturated carbocycles. The quantitative estimate of drug-likeness (QED) is 0.768. The summed E-state index contributed by atoms with van der Waals surface area (Å²) in [6, 6.07) is -1.02. The predicted molar refractivity (Wildman–Crippen MR) is 79.8 cm³/mol. The van der Waals surface area contributed by atoms with E-state index in [4.69, 9.17) is 9.57 Å².